The molecule has 0 aromatic heterocycles. The van der Waals surface area contributed by atoms with Crippen LogP contribution in [-0.2, 0) is 14.4 Å². The van der Waals surface area contributed by atoms with E-state index in [1.165, 1.54) is 25.6 Å². The third kappa shape index (κ3) is 7.41. The second-order valence-corrected chi connectivity index (χ2v) is 9.74. The maximum absolute atomic E-state index is 12.9. The highest BCUT2D eigenvalue weighted by Gasteiger charge is 2.40. The van der Waals surface area contributed by atoms with Crippen molar-refractivity contribution in [1.29, 1.82) is 5.26 Å². The van der Waals surface area contributed by atoms with Gasteiger partial charge >= 0.3 is 0 Å². The summed E-state index contributed by atoms with van der Waals surface area (Å²) in [6.07, 6.45) is 5.95. The van der Waals surface area contributed by atoms with Crippen LogP contribution in [0, 0.1) is 29.6 Å². The minimum atomic E-state index is -1.49. The highest BCUT2D eigenvalue weighted by atomic mass is 32.2. The van der Waals surface area contributed by atoms with E-state index in [9.17, 15) is 24.8 Å². The Bertz CT molecular complexity index is 979. The smallest absolute Gasteiger partial charge is 0.255 e. The van der Waals surface area contributed by atoms with Gasteiger partial charge in [-0.2, -0.15) is 5.26 Å². The molecule has 10 heteroatoms. The predicted molar refractivity (Wildman–Crippen MR) is 133 cm³/mol. The second kappa shape index (κ2) is 12.3. The molecule has 9 nitrogen and oxygen atoms in total. The zero-order valence-electron chi connectivity index (χ0n) is 19.6. The summed E-state index contributed by atoms with van der Waals surface area (Å²) in [6, 6.07) is 9.11. The number of nitrogens with one attached hydrogen (secondary N) is 3. The third-order valence-corrected chi connectivity index (χ3v) is 6.78. The van der Waals surface area contributed by atoms with Gasteiger partial charge in [0.05, 0.1) is 23.2 Å². The van der Waals surface area contributed by atoms with E-state index in [1.807, 2.05) is 19.1 Å². The summed E-state index contributed by atoms with van der Waals surface area (Å²) < 4.78 is 0. The first kappa shape index (κ1) is 27.0. The monoisotopic (exact) mass is 485 g/mol. The van der Waals surface area contributed by atoms with Gasteiger partial charge in [0.2, 0.25) is 11.8 Å². The molecule has 0 saturated carbocycles. The molecule has 2 rings (SSSR count). The lowest BCUT2D eigenvalue weighted by Crippen LogP contribution is -2.38. The number of carbonyl (C=O) groups excluding carboxylic acids is 3. The lowest BCUT2D eigenvalue weighted by Gasteiger charge is -2.23. The van der Waals surface area contributed by atoms with Crippen LogP contribution in [0.2, 0.25) is 0 Å². The predicted octanol–water partition coefficient (Wildman–Crippen LogP) is 1.77. The van der Waals surface area contributed by atoms with Crippen molar-refractivity contribution < 1.29 is 19.5 Å². The van der Waals surface area contributed by atoms with Crippen LogP contribution in [0.25, 0.3) is 0 Å². The highest BCUT2D eigenvalue weighted by molar-refractivity contribution is 8.01. The summed E-state index contributed by atoms with van der Waals surface area (Å²) in [5, 5.41) is 27.1. The summed E-state index contributed by atoms with van der Waals surface area (Å²) in [7, 11) is 0. The van der Waals surface area contributed by atoms with Crippen molar-refractivity contribution >= 4 is 40.9 Å². The van der Waals surface area contributed by atoms with E-state index in [0.717, 1.165) is 5.69 Å². The van der Waals surface area contributed by atoms with E-state index >= 15 is 0 Å². The molecule has 0 bridgehead atoms. The SMILES string of the molecule is C#CCNC(=O)C(C#N)CC1SC(CCNc2cccc(NC(=O)C(C)(C)O)c2)C(=O)N1CC. The van der Waals surface area contributed by atoms with Crippen LogP contribution in [0.15, 0.2) is 24.3 Å². The molecule has 4 N–H and O–H groups in total. The quantitative estimate of drug-likeness (QED) is 0.351. The van der Waals surface area contributed by atoms with Crippen LogP contribution >= 0.6 is 11.8 Å². The van der Waals surface area contributed by atoms with E-state index in [1.54, 1.807) is 23.1 Å². The van der Waals surface area contributed by atoms with Crippen molar-refractivity contribution in [3.63, 3.8) is 0 Å². The number of anilines is 2. The molecule has 3 unspecified atom stereocenters. The van der Waals surface area contributed by atoms with Crippen molar-refractivity contribution in [2.75, 3.05) is 30.3 Å². The van der Waals surface area contributed by atoms with Gasteiger partial charge in [-0.3, -0.25) is 14.4 Å². The van der Waals surface area contributed by atoms with Crippen molar-refractivity contribution in [1.82, 2.24) is 10.2 Å². The molecule has 3 amide bonds. The number of hydrogen-bond donors (Lipinski definition) is 4. The van der Waals surface area contributed by atoms with Crippen LogP contribution < -0.4 is 16.0 Å². The Balaban J connectivity index is 1.93. The van der Waals surface area contributed by atoms with Gasteiger partial charge in [0.15, 0.2) is 0 Å². The first-order chi connectivity index (χ1) is 16.1. The minimum Gasteiger partial charge on any atom is -0.385 e. The number of nitriles is 1. The number of amides is 3. The van der Waals surface area contributed by atoms with Gasteiger partial charge in [0, 0.05) is 30.9 Å². The minimum absolute atomic E-state index is 0.00814. The van der Waals surface area contributed by atoms with E-state index < -0.39 is 23.3 Å². The Labute approximate surface area is 204 Å². The summed E-state index contributed by atoms with van der Waals surface area (Å²) in [5.74, 6) is 0.488. The van der Waals surface area contributed by atoms with Gasteiger partial charge in [0.1, 0.15) is 11.5 Å². The van der Waals surface area contributed by atoms with Crippen LogP contribution in [0.1, 0.15) is 33.6 Å². The molecule has 0 radical (unpaired) electrons. The van der Waals surface area contributed by atoms with E-state index in [-0.39, 0.29) is 29.5 Å². The van der Waals surface area contributed by atoms with Crippen LogP contribution in [0.5, 0.6) is 0 Å². The van der Waals surface area contributed by atoms with Crippen molar-refractivity contribution in [2.24, 2.45) is 5.92 Å². The van der Waals surface area contributed by atoms with E-state index in [4.69, 9.17) is 6.42 Å². The molecular weight excluding hydrogens is 454 g/mol. The maximum Gasteiger partial charge on any atom is 0.255 e. The van der Waals surface area contributed by atoms with Gasteiger partial charge in [0.25, 0.3) is 5.91 Å². The molecule has 1 aromatic carbocycles. The van der Waals surface area contributed by atoms with Gasteiger partial charge in [-0.15, -0.1) is 18.2 Å². The van der Waals surface area contributed by atoms with Crippen molar-refractivity contribution in [3.05, 3.63) is 24.3 Å². The Morgan fingerprint density at radius 3 is 2.68 bits per heavy atom. The third-order valence-electron chi connectivity index (χ3n) is 5.25. The van der Waals surface area contributed by atoms with Crippen molar-refractivity contribution in [2.45, 2.75) is 49.8 Å². The number of aliphatic hydroxyl groups is 1. The summed E-state index contributed by atoms with van der Waals surface area (Å²) in [4.78, 5) is 38.7. The molecule has 1 fully saturated rings. The van der Waals surface area contributed by atoms with Crippen molar-refractivity contribution in [3.8, 4) is 18.4 Å². The average Bonchev–Trinajstić information content (AvgIpc) is 3.09. The Morgan fingerprint density at radius 2 is 2.06 bits per heavy atom. The number of hydrogen-bond acceptors (Lipinski definition) is 7. The zero-order chi connectivity index (χ0) is 25.3. The van der Waals surface area contributed by atoms with Crippen LogP contribution in [0.3, 0.4) is 0 Å². The molecule has 1 heterocycles. The molecule has 1 saturated heterocycles. The normalized spacial score (nSPS) is 18.5. The number of terminal acetylenes is 1. The fourth-order valence-corrected chi connectivity index (χ4v) is 4.99. The molecule has 0 aliphatic carbocycles. The van der Waals surface area contributed by atoms with Gasteiger partial charge in [-0.25, -0.2) is 0 Å². The first-order valence-corrected chi connectivity index (χ1v) is 12.0. The summed E-state index contributed by atoms with van der Waals surface area (Å²) >= 11 is 1.47. The number of benzene rings is 1. The Morgan fingerprint density at radius 1 is 1.35 bits per heavy atom. The van der Waals surface area contributed by atoms with Crippen LogP contribution in [0.4, 0.5) is 11.4 Å². The number of thioether (sulfide) groups is 1. The standard InChI is InChI=1S/C24H31N5O4S/c1-5-11-27-21(30)16(15-25)13-20-29(6-2)22(31)19(34-20)10-12-26-17-8-7-9-18(14-17)28-23(32)24(3,4)33/h1,7-9,14,16,19-20,26,33H,6,10-13H2,2-4H3,(H,27,30)(H,28,32). The highest BCUT2D eigenvalue weighted by Crippen LogP contribution is 2.37. The van der Waals surface area contributed by atoms with Gasteiger partial charge in [-0.1, -0.05) is 12.0 Å². The second-order valence-electron chi connectivity index (χ2n) is 8.35. The number of rotatable bonds is 11. The number of carbonyl (C=O) groups is 3. The van der Waals surface area contributed by atoms with Gasteiger partial charge in [-0.05, 0) is 45.4 Å². The first-order valence-electron chi connectivity index (χ1n) is 11.0. The van der Waals surface area contributed by atoms with Crippen LogP contribution in [-0.4, -0.2) is 63.6 Å². The molecule has 34 heavy (non-hydrogen) atoms. The molecule has 0 spiro atoms. The Hall–Kier alpha value is -3.21. The molecule has 182 valence electrons. The van der Waals surface area contributed by atoms with Gasteiger partial charge < -0.3 is 26.0 Å². The fraction of sp³-hybridized carbons (Fsp3) is 0.500. The van der Waals surface area contributed by atoms with E-state index in [2.05, 4.69) is 21.9 Å². The summed E-state index contributed by atoms with van der Waals surface area (Å²) in [6.45, 7) is 5.77. The lowest BCUT2D eigenvalue weighted by molar-refractivity contribution is -0.131. The zero-order valence-corrected chi connectivity index (χ0v) is 20.4. The topological polar surface area (TPSA) is 135 Å². The molecular formula is C24H31N5O4S. The number of nitrogens with zero attached hydrogens (tertiary/aromatic N) is 2. The van der Waals surface area contributed by atoms with E-state index in [0.29, 0.717) is 25.2 Å². The largest absolute Gasteiger partial charge is 0.385 e. The Kier molecular flexibility index (Phi) is 9.79. The maximum atomic E-state index is 12.9. The molecule has 1 aliphatic rings. The molecule has 1 aliphatic heterocycles. The molecule has 1 aromatic rings. The fourth-order valence-electron chi connectivity index (χ4n) is 3.40. The lowest BCUT2D eigenvalue weighted by atomic mass is 10.1. The average molecular weight is 486 g/mol. The summed E-state index contributed by atoms with van der Waals surface area (Å²) in [5.41, 5.74) is -0.175. The molecule has 3 atom stereocenters.